The molecule has 0 atom stereocenters. The first-order valence-electron chi connectivity index (χ1n) is 8.14. The summed E-state index contributed by atoms with van der Waals surface area (Å²) in [5, 5.41) is 3.22. The van der Waals surface area contributed by atoms with Gasteiger partial charge in [-0.15, -0.1) is 12.4 Å². The van der Waals surface area contributed by atoms with Gasteiger partial charge < -0.3 is 15.0 Å². The van der Waals surface area contributed by atoms with E-state index in [1.165, 1.54) is 5.56 Å². The summed E-state index contributed by atoms with van der Waals surface area (Å²) in [5.74, 6) is 1.64. The predicted molar refractivity (Wildman–Crippen MR) is 96.6 cm³/mol. The van der Waals surface area contributed by atoms with Gasteiger partial charge in [-0.2, -0.15) is 0 Å². The van der Waals surface area contributed by atoms with Crippen LogP contribution in [0, 0.1) is 26.7 Å². The Hall–Kier alpha value is -1.26. The third-order valence-corrected chi connectivity index (χ3v) is 4.40. The van der Waals surface area contributed by atoms with Gasteiger partial charge in [-0.3, -0.25) is 4.79 Å². The SMILES string of the molecule is CNCC1CCN(C(=O)COc2c(C)cc(C)cc2C)CC1.Cl. The summed E-state index contributed by atoms with van der Waals surface area (Å²) in [5.41, 5.74) is 3.41. The van der Waals surface area contributed by atoms with Crippen LogP contribution in [0.3, 0.4) is 0 Å². The topological polar surface area (TPSA) is 41.6 Å². The molecule has 5 heteroatoms. The van der Waals surface area contributed by atoms with Gasteiger partial charge >= 0.3 is 0 Å². The van der Waals surface area contributed by atoms with Crippen LogP contribution in [0.5, 0.6) is 5.75 Å². The van der Waals surface area contributed by atoms with Gasteiger partial charge in [0, 0.05) is 13.1 Å². The number of nitrogens with one attached hydrogen (secondary N) is 1. The summed E-state index contributed by atoms with van der Waals surface area (Å²) in [6.07, 6.45) is 2.16. The number of likely N-dealkylation sites (tertiary alicyclic amines) is 1. The Labute approximate surface area is 146 Å². The lowest BCUT2D eigenvalue weighted by Gasteiger charge is -2.32. The van der Waals surface area contributed by atoms with Crippen LogP contribution in [-0.4, -0.2) is 44.1 Å². The number of nitrogens with zero attached hydrogens (tertiary/aromatic N) is 1. The van der Waals surface area contributed by atoms with Gasteiger partial charge in [0.05, 0.1) is 0 Å². The Balaban J connectivity index is 0.00000264. The number of carbonyl (C=O) groups is 1. The first-order valence-corrected chi connectivity index (χ1v) is 8.14. The Bertz CT molecular complexity index is 503. The molecule has 1 aliphatic heterocycles. The van der Waals surface area contributed by atoms with Gasteiger partial charge in [0.15, 0.2) is 6.61 Å². The Kier molecular flexibility index (Phi) is 7.86. The highest BCUT2D eigenvalue weighted by Crippen LogP contribution is 2.24. The lowest BCUT2D eigenvalue weighted by Crippen LogP contribution is -2.42. The van der Waals surface area contributed by atoms with Crippen LogP contribution in [-0.2, 0) is 4.79 Å². The molecule has 1 N–H and O–H groups in total. The Morgan fingerprint density at radius 1 is 1.22 bits per heavy atom. The molecule has 0 spiro atoms. The second-order valence-electron chi connectivity index (χ2n) is 6.40. The van der Waals surface area contributed by atoms with Crippen LogP contribution in [0.25, 0.3) is 0 Å². The molecule has 4 nitrogen and oxygen atoms in total. The van der Waals surface area contributed by atoms with E-state index in [2.05, 4.69) is 24.4 Å². The van der Waals surface area contributed by atoms with Crippen molar-refractivity contribution in [2.45, 2.75) is 33.6 Å². The molecule has 130 valence electrons. The maximum absolute atomic E-state index is 12.3. The number of amides is 1. The smallest absolute Gasteiger partial charge is 0.260 e. The summed E-state index contributed by atoms with van der Waals surface area (Å²) in [7, 11) is 1.98. The minimum Gasteiger partial charge on any atom is -0.483 e. The van der Waals surface area contributed by atoms with E-state index in [9.17, 15) is 4.79 Å². The molecule has 1 fully saturated rings. The molecule has 0 radical (unpaired) electrons. The van der Waals surface area contributed by atoms with Crippen molar-refractivity contribution in [1.82, 2.24) is 10.2 Å². The van der Waals surface area contributed by atoms with Gasteiger partial charge in [-0.1, -0.05) is 17.7 Å². The molecule has 0 unspecified atom stereocenters. The van der Waals surface area contributed by atoms with Crippen molar-refractivity contribution in [3.63, 3.8) is 0 Å². The van der Waals surface area contributed by atoms with E-state index in [0.717, 1.165) is 49.4 Å². The van der Waals surface area contributed by atoms with E-state index in [4.69, 9.17) is 4.74 Å². The van der Waals surface area contributed by atoms with E-state index in [-0.39, 0.29) is 24.9 Å². The fraction of sp³-hybridized carbons (Fsp3) is 0.611. The van der Waals surface area contributed by atoms with Crippen LogP contribution in [0.4, 0.5) is 0 Å². The molecule has 2 rings (SSSR count). The monoisotopic (exact) mass is 340 g/mol. The zero-order valence-electron chi connectivity index (χ0n) is 14.6. The maximum atomic E-state index is 12.3. The third kappa shape index (κ3) is 5.40. The van der Waals surface area contributed by atoms with Crippen molar-refractivity contribution in [1.29, 1.82) is 0 Å². The summed E-state index contributed by atoms with van der Waals surface area (Å²) in [4.78, 5) is 14.2. The lowest BCUT2D eigenvalue weighted by molar-refractivity contribution is -0.134. The number of benzene rings is 1. The van der Waals surface area contributed by atoms with E-state index in [1.54, 1.807) is 0 Å². The van der Waals surface area contributed by atoms with Crippen LogP contribution >= 0.6 is 12.4 Å². The Morgan fingerprint density at radius 2 is 1.78 bits per heavy atom. The predicted octanol–water partition coefficient (Wildman–Crippen LogP) is 2.87. The lowest BCUT2D eigenvalue weighted by atomic mass is 9.97. The maximum Gasteiger partial charge on any atom is 0.260 e. The van der Waals surface area contributed by atoms with Gasteiger partial charge in [0.25, 0.3) is 5.91 Å². The van der Waals surface area contributed by atoms with Gasteiger partial charge in [-0.25, -0.2) is 0 Å². The van der Waals surface area contributed by atoms with Crippen molar-refractivity contribution in [2.24, 2.45) is 5.92 Å². The normalized spacial score (nSPS) is 15.2. The number of halogens is 1. The van der Waals surface area contributed by atoms with Crippen LogP contribution in [0.1, 0.15) is 29.5 Å². The van der Waals surface area contributed by atoms with Gasteiger partial charge in [0.1, 0.15) is 5.75 Å². The highest BCUT2D eigenvalue weighted by molar-refractivity contribution is 5.85. The van der Waals surface area contributed by atoms with Crippen molar-refractivity contribution in [3.8, 4) is 5.75 Å². The first kappa shape index (κ1) is 19.8. The molecule has 0 bridgehead atoms. The molecule has 1 aromatic carbocycles. The molecule has 0 aliphatic carbocycles. The number of hydrogen-bond donors (Lipinski definition) is 1. The highest BCUT2D eigenvalue weighted by atomic mass is 35.5. The molecule has 23 heavy (non-hydrogen) atoms. The second-order valence-corrected chi connectivity index (χ2v) is 6.40. The fourth-order valence-corrected chi connectivity index (χ4v) is 3.29. The van der Waals surface area contributed by atoms with Gasteiger partial charge in [0.2, 0.25) is 0 Å². The zero-order chi connectivity index (χ0) is 16.1. The second kappa shape index (κ2) is 9.14. The summed E-state index contributed by atoms with van der Waals surface area (Å²) in [6.45, 7) is 9.01. The number of carbonyl (C=O) groups excluding carboxylic acids is 1. The molecular formula is C18H29ClN2O2. The van der Waals surface area contributed by atoms with Crippen molar-refractivity contribution in [3.05, 3.63) is 28.8 Å². The Morgan fingerprint density at radius 3 is 2.30 bits per heavy atom. The first-order chi connectivity index (χ1) is 10.5. The van der Waals surface area contributed by atoms with Crippen molar-refractivity contribution >= 4 is 18.3 Å². The van der Waals surface area contributed by atoms with Gasteiger partial charge in [-0.05, 0) is 64.3 Å². The average molecular weight is 341 g/mol. The number of ether oxygens (including phenoxy) is 1. The fourth-order valence-electron chi connectivity index (χ4n) is 3.29. The molecule has 0 aromatic heterocycles. The quantitative estimate of drug-likeness (QED) is 0.896. The van der Waals surface area contributed by atoms with E-state index in [1.807, 2.05) is 25.8 Å². The van der Waals surface area contributed by atoms with Crippen LogP contribution in [0.2, 0.25) is 0 Å². The summed E-state index contributed by atoms with van der Waals surface area (Å²) >= 11 is 0. The molecule has 1 saturated heterocycles. The van der Waals surface area contributed by atoms with E-state index < -0.39 is 0 Å². The number of hydrogen-bond acceptors (Lipinski definition) is 3. The molecule has 1 aromatic rings. The molecule has 0 saturated carbocycles. The van der Waals surface area contributed by atoms with E-state index >= 15 is 0 Å². The van der Waals surface area contributed by atoms with E-state index in [0.29, 0.717) is 5.92 Å². The number of piperidine rings is 1. The number of aryl methyl sites for hydroxylation is 3. The number of rotatable bonds is 5. The molecule has 1 amide bonds. The molecule has 1 aliphatic rings. The molecular weight excluding hydrogens is 312 g/mol. The summed E-state index contributed by atoms with van der Waals surface area (Å²) in [6, 6.07) is 4.19. The average Bonchev–Trinajstić information content (AvgIpc) is 2.47. The highest BCUT2D eigenvalue weighted by Gasteiger charge is 2.22. The van der Waals surface area contributed by atoms with Crippen LogP contribution in [0.15, 0.2) is 12.1 Å². The minimum absolute atomic E-state index is 0. The standard InChI is InChI=1S/C18H28N2O2.ClH/c1-13-9-14(2)18(15(3)10-13)22-12-17(21)20-7-5-16(6-8-20)11-19-4;/h9-10,16,19H,5-8,11-12H2,1-4H3;1H. The van der Waals surface area contributed by atoms with Crippen molar-refractivity contribution < 1.29 is 9.53 Å². The van der Waals surface area contributed by atoms with Crippen LogP contribution < -0.4 is 10.1 Å². The largest absolute Gasteiger partial charge is 0.483 e. The zero-order valence-corrected chi connectivity index (χ0v) is 15.5. The van der Waals surface area contributed by atoms with Crippen molar-refractivity contribution in [2.75, 3.05) is 33.3 Å². The molecule has 1 heterocycles. The minimum atomic E-state index is 0. The third-order valence-electron chi connectivity index (χ3n) is 4.40. The summed E-state index contributed by atoms with van der Waals surface area (Å²) < 4.78 is 5.81.